The van der Waals surface area contributed by atoms with Crippen molar-refractivity contribution in [3.8, 4) is 0 Å². The number of rotatable bonds is 2. The van der Waals surface area contributed by atoms with E-state index in [4.69, 9.17) is 0 Å². The van der Waals surface area contributed by atoms with Gasteiger partial charge >= 0.3 is 0 Å². The first-order chi connectivity index (χ1) is 12.0. The summed E-state index contributed by atoms with van der Waals surface area (Å²) in [4.78, 5) is 28.6. The summed E-state index contributed by atoms with van der Waals surface area (Å²) in [6.07, 6.45) is 0. The molecular formula is C19H15FN2O2S. The zero-order chi connectivity index (χ0) is 17.6. The molecule has 1 aliphatic heterocycles. The maximum Gasteiger partial charge on any atom is 0.248 e. The molecule has 1 atom stereocenters. The Hall–Kier alpha value is -2.60. The smallest absolute Gasteiger partial charge is 0.248 e. The number of amides is 1. The molecule has 0 aliphatic carbocycles. The summed E-state index contributed by atoms with van der Waals surface area (Å²) in [6, 6.07) is 13.5. The molecule has 3 aromatic rings. The van der Waals surface area contributed by atoms with E-state index in [-0.39, 0.29) is 17.3 Å². The Morgan fingerprint density at radius 3 is 2.76 bits per heavy atom. The largest absolute Gasteiger partial charge is 0.322 e. The number of carbonyl (C=O) groups excluding carboxylic acids is 1. The highest BCUT2D eigenvalue weighted by atomic mass is 32.2. The normalized spacial score (nSPS) is 17.4. The van der Waals surface area contributed by atoms with Crippen LogP contribution in [0.2, 0.25) is 0 Å². The van der Waals surface area contributed by atoms with Crippen LogP contribution in [-0.4, -0.2) is 16.6 Å². The zero-order valence-electron chi connectivity index (χ0n) is 13.5. The molecule has 6 heteroatoms. The van der Waals surface area contributed by atoms with Crippen LogP contribution in [0.15, 0.2) is 53.3 Å². The van der Waals surface area contributed by atoms with Crippen molar-refractivity contribution in [3.63, 3.8) is 0 Å². The number of hydrogen-bond donors (Lipinski definition) is 1. The molecule has 1 unspecified atom stereocenters. The van der Waals surface area contributed by atoms with Gasteiger partial charge in [0.1, 0.15) is 11.2 Å². The Bertz CT molecular complexity index is 1050. The van der Waals surface area contributed by atoms with Gasteiger partial charge in [-0.1, -0.05) is 24.3 Å². The number of fused-ring (bicyclic) bond motifs is 1. The number of thioether (sulfide) groups is 1. The SMILES string of the molecule is Cc1cc(=O)[nH]c2cc(N3C(=O)CSC3c3ccccc3F)ccc12. The molecule has 4 nitrogen and oxygen atoms in total. The number of carbonyl (C=O) groups is 1. The predicted molar refractivity (Wildman–Crippen MR) is 98.4 cm³/mol. The Morgan fingerprint density at radius 1 is 1.16 bits per heavy atom. The lowest BCUT2D eigenvalue weighted by Crippen LogP contribution is -2.28. The number of anilines is 1. The van der Waals surface area contributed by atoms with Crippen molar-refractivity contribution in [2.45, 2.75) is 12.3 Å². The number of halogens is 1. The molecule has 1 saturated heterocycles. The second-order valence-electron chi connectivity index (χ2n) is 6.00. The highest BCUT2D eigenvalue weighted by Crippen LogP contribution is 2.43. The van der Waals surface area contributed by atoms with Gasteiger partial charge in [-0.15, -0.1) is 11.8 Å². The lowest BCUT2D eigenvalue weighted by Gasteiger charge is -2.25. The van der Waals surface area contributed by atoms with Gasteiger partial charge in [0.25, 0.3) is 0 Å². The van der Waals surface area contributed by atoms with E-state index in [1.165, 1.54) is 17.8 Å². The van der Waals surface area contributed by atoms with E-state index in [1.54, 1.807) is 35.2 Å². The molecular weight excluding hydrogens is 339 g/mol. The molecule has 1 N–H and O–H groups in total. The molecule has 1 fully saturated rings. The van der Waals surface area contributed by atoms with Crippen molar-refractivity contribution < 1.29 is 9.18 Å². The Kier molecular flexibility index (Phi) is 3.84. The number of aromatic amines is 1. The third-order valence-electron chi connectivity index (χ3n) is 4.35. The van der Waals surface area contributed by atoms with E-state index >= 15 is 0 Å². The molecule has 4 rings (SSSR count). The van der Waals surface area contributed by atoms with E-state index in [0.717, 1.165) is 10.9 Å². The van der Waals surface area contributed by atoms with Crippen LogP contribution in [-0.2, 0) is 4.79 Å². The van der Waals surface area contributed by atoms with Gasteiger partial charge in [0.2, 0.25) is 11.5 Å². The minimum absolute atomic E-state index is 0.0763. The van der Waals surface area contributed by atoms with E-state index in [1.807, 2.05) is 19.1 Å². The molecule has 1 aliphatic rings. The van der Waals surface area contributed by atoms with Crippen molar-refractivity contribution in [2.24, 2.45) is 0 Å². The zero-order valence-corrected chi connectivity index (χ0v) is 14.3. The first-order valence-electron chi connectivity index (χ1n) is 7.86. The quantitative estimate of drug-likeness (QED) is 0.762. The van der Waals surface area contributed by atoms with Crippen LogP contribution in [0.1, 0.15) is 16.5 Å². The van der Waals surface area contributed by atoms with Crippen LogP contribution in [0.3, 0.4) is 0 Å². The first kappa shape index (κ1) is 15.9. The van der Waals surface area contributed by atoms with Gasteiger partial charge in [0.05, 0.1) is 11.3 Å². The van der Waals surface area contributed by atoms with Gasteiger partial charge in [0.15, 0.2) is 0 Å². The predicted octanol–water partition coefficient (Wildman–Crippen LogP) is 3.75. The molecule has 2 aromatic carbocycles. The van der Waals surface area contributed by atoms with E-state index < -0.39 is 5.37 Å². The number of aromatic nitrogens is 1. The fraction of sp³-hybridized carbons (Fsp3) is 0.158. The minimum Gasteiger partial charge on any atom is -0.322 e. The summed E-state index contributed by atoms with van der Waals surface area (Å²) in [5.41, 5.74) is 2.49. The van der Waals surface area contributed by atoms with Crippen LogP contribution in [0.4, 0.5) is 10.1 Å². The van der Waals surface area contributed by atoms with E-state index in [9.17, 15) is 14.0 Å². The standard InChI is InChI=1S/C19H15FN2O2S/c1-11-8-17(23)21-16-9-12(6-7-13(11)16)22-18(24)10-25-19(22)14-4-2-3-5-15(14)20/h2-9,19H,10H2,1H3,(H,21,23). The number of hydrogen-bond acceptors (Lipinski definition) is 3. The third kappa shape index (κ3) is 2.72. The summed E-state index contributed by atoms with van der Waals surface area (Å²) in [6.45, 7) is 1.87. The maximum atomic E-state index is 14.2. The average Bonchev–Trinajstić information content (AvgIpc) is 2.96. The molecule has 0 radical (unpaired) electrons. The summed E-state index contributed by atoms with van der Waals surface area (Å²) in [7, 11) is 0. The van der Waals surface area contributed by atoms with Crippen LogP contribution in [0.25, 0.3) is 10.9 Å². The van der Waals surface area contributed by atoms with E-state index in [2.05, 4.69) is 4.98 Å². The maximum absolute atomic E-state index is 14.2. The molecule has 2 heterocycles. The highest BCUT2D eigenvalue weighted by Gasteiger charge is 2.35. The van der Waals surface area contributed by atoms with Crippen LogP contribution >= 0.6 is 11.8 Å². The average molecular weight is 354 g/mol. The van der Waals surface area contributed by atoms with Gasteiger partial charge in [0, 0.05) is 22.7 Å². The lowest BCUT2D eigenvalue weighted by atomic mass is 10.1. The lowest BCUT2D eigenvalue weighted by molar-refractivity contribution is -0.115. The summed E-state index contributed by atoms with van der Waals surface area (Å²) < 4.78 is 14.2. The molecule has 0 saturated carbocycles. The molecule has 0 bridgehead atoms. The second-order valence-corrected chi connectivity index (χ2v) is 7.06. The topological polar surface area (TPSA) is 53.2 Å². The Labute approximate surface area is 147 Å². The van der Waals surface area contributed by atoms with E-state index in [0.29, 0.717) is 22.5 Å². The summed E-state index contributed by atoms with van der Waals surface area (Å²) >= 11 is 1.40. The number of nitrogens with one attached hydrogen (secondary N) is 1. The minimum atomic E-state index is -0.414. The van der Waals surface area contributed by atoms with Crippen molar-refractivity contribution >= 4 is 34.3 Å². The van der Waals surface area contributed by atoms with Gasteiger partial charge < -0.3 is 4.98 Å². The second kappa shape index (κ2) is 6.04. The molecule has 0 spiro atoms. The summed E-state index contributed by atoms with van der Waals surface area (Å²) in [5, 5.41) is 0.507. The molecule has 1 amide bonds. The first-order valence-corrected chi connectivity index (χ1v) is 8.91. The molecule has 126 valence electrons. The third-order valence-corrected chi connectivity index (χ3v) is 5.54. The number of pyridine rings is 1. The number of nitrogens with zero attached hydrogens (tertiary/aromatic N) is 1. The summed E-state index contributed by atoms with van der Waals surface area (Å²) in [5.74, 6) is -0.112. The Balaban J connectivity index is 1.84. The van der Waals surface area contributed by atoms with Crippen molar-refractivity contribution in [3.05, 3.63) is 75.8 Å². The van der Waals surface area contributed by atoms with Gasteiger partial charge in [-0.3, -0.25) is 14.5 Å². The van der Waals surface area contributed by atoms with Crippen molar-refractivity contribution in [1.29, 1.82) is 0 Å². The Morgan fingerprint density at radius 2 is 1.96 bits per heavy atom. The number of benzene rings is 2. The van der Waals surface area contributed by atoms with Gasteiger partial charge in [-0.2, -0.15) is 0 Å². The van der Waals surface area contributed by atoms with Gasteiger partial charge in [-0.05, 0) is 30.7 Å². The number of H-pyrrole nitrogens is 1. The molecule has 25 heavy (non-hydrogen) atoms. The van der Waals surface area contributed by atoms with Gasteiger partial charge in [-0.25, -0.2) is 4.39 Å². The van der Waals surface area contributed by atoms with Crippen LogP contribution in [0, 0.1) is 12.7 Å². The highest BCUT2D eigenvalue weighted by molar-refractivity contribution is 8.00. The van der Waals surface area contributed by atoms with Crippen LogP contribution < -0.4 is 10.5 Å². The fourth-order valence-corrected chi connectivity index (χ4v) is 4.38. The monoisotopic (exact) mass is 354 g/mol. The number of aryl methyl sites for hydroxylation is 1. The molecule has 1 aromatic heterocycles. The van der Waals surface area contributed by atoms with Crippen LogP contribution in [0.5, 0.6) is 0 Å². The van der Waals surface area contributed by atoms with Crippen molar-refractivity contribution in [2.75, 3.05) is 10.7 Å². The van der Waals surface area contributed by atoms with Crippen molar-refractivity contribution in [1.82, 2.24) is 4.98 Å². The fourth-order valence-electron chi connectivity index (χ4n) is 3.18.